The predicted molar refractivity (Wildman–Crippen MR) is 105 cm³/mol. The summed E-state index contributed by atoms with van der Waals surface area (Å²) in [5.74, 6) is -0.0411. The maximum absolute atomic E-state index is 12.7. The summed E-state index contributed by atoms with van der Waals surface area (Å²) in [5, 5.41) is 22.1. The molecule has 0 saturated heterocycles. The maximum atomic E-state index is 12.7. The van der Waals surface area contributed by atoms with Gasteiger partial charge in [-0.3, -0.25) is 19.5 Å². The van der Waals surface area contributed by atoms with Crippen molar-refractivity contribution >= 4 is 39.8 Å². The smallest absolute Gasteiger partial charge is 0.315 e. The van der Waals surface area contributed by atoms with Gasteiger partial charge in [0.25, 0.3) is 5.56 Å². The van der Waals surface area contributed by atoms with E-state index in [1.165, 1.54) is 19.2 Å². The third-order valence-corrected chi connectivity index (χ3v) is 4.88. The number of aromatic hydroxyl groups is 1. The lowest BCUT2D eigenvalue weighted by Gasteiger charge is -2.07. The SMILES string of the molecule is COc1cc(/C=C2/CCn3c2nc2cc(Cl)ccc2c3=O)cc([N+](=O)[O-])c1O. The number of aromatic nitrogens is 2. The lowest BCUT2D eigenvalue weighted by atomic mass is 10.1. The monoisotopic (exact) mass is 399 g/mol. The third-order valence-electron chi connectivity index (χ3n) is 4.64. The molecule has 9 heteroatoms. The fourth-order valence-electron chi connectivity index (χ4n) is 3.32. The van der Waals surface area contributed by atoms with Gasteiger partial charge in [-0.25, -0.2) is 4.98 Å². The second-order valence-corrected chi connectivity index (χ2v) is 6.76. The number of halogens is 1. The van der Waals surface area contributed by atoms with E-state index in [1.807, 2.05) is 0 Å². The van der Waals surface area contributed by atoms with Crippen molar-refractivity contribution in [3.05, 3.63) is 67.2 Å². The van der Waals surface area contributed by atoms with Crippen molar-refractivity contribution in [3.63, 3.8) is 0 Å². The first-order valence-electron chi connectivity index (χ1n) is 8.35. The van der Waals surface area contributed by atoms with E-state index in [1.54, 1.807) is 28.8 Å². The second kappa shape index (κ2) is 6.65. The van der Waals surface area contributed by atoms with Gasteiger partial charge in [0.2, 0.25) is 5.75 Å². The van der Waals surface area contributed by atoms with Gasteiger partial charge < -0.3 is 9.84 Å². The van der Waals surface area contributed by atoms with Gasteiger partial charge >= 0.3 is 5.69 Å². The zero-order valence-corrected chi connectivity index (χ0v) is 15.4. The van der Waals surface area contributed by atoms with Gasteiger partial charge in [0, 0.05) is 17.6 Å². The predicted octanol–water partition coefficient (Wildman–Crippen LogP) is 3.62. The minimum Gasteiger partial charge on any atom is -0.500 e. The minimum atomic E-state index is -0.680. The van der Waals surface area contributed by atoms with Gasteiger partial charge in [-0.15, -0.1) is 0 Å². The molecule has 3 aromatic rings. The Morgan fingerprint density at radius 1 is 1.36 bits per heavy atom. The van der Waals surface area contributed by atoms with Gasteiger partial charge in [-0.05, 0) is 47.9 Å². The number of nitro benzene ring substituents is 1. The molecule has 0 unspecified atom stereocenters. The van der Waals surface area contributed by atoms with Crippen molar-refractivity contribution in [1.82, 2.24) is 9.55 Å². The molecule has 1 aliphatic heterocycles. The number of methoxy groups -OCH3 is 1. The molecule has 8 nitrogen and oxygen atoms in total. The lowest BCUT2D eigenvalue weighted by Crippen LogP contribution is -2.20. The fraction of sp³-hybridized carbons (Fsp3) is 0.158. The van der Waals surface area contributed by atoms with E-state index in [4.69, 9.17) is 16.3 Å². The Labute approximate surface area is 163 Å². The van der Waals surface area contributed by atoms with Crippen LogP contribution in [0, 0.1) is 10.1 Å². The zero-order chi connectivity index (χ0) is 20.0. The Morgan fingerprint density at radius 2 is 2.14 bits per heavy atom. The van der Waals surface area contributed by atoms with Crippen LogP contribution in [-0.4, -0.2) is 26.7 Å². The summed E-state index contributed by atoms with van der Waals surface area (Å²) in [5.41, 5.74) is 1.09. The first kappa shape index (κ1) is 18.0. The normalized spacial score (nSPS) is 14.4. The number of ether oxygens (including phenoxy) is 1. The molecule has 0 atom stereocenters. The Bertz CT molecular complexity index is 1230. The van der Waals surface area contributed by atoms with Crippen LogP contribution >= 0.6 is 11.6 Å². The number of phenolic OH excluding ortho intramolecular Hbond substituents is 1. The molecule has 0 bridgehead atoms. The quantitative estimate of drug-likeness (QED) is 0.532. The topological polar surface area (TPSA) is 107 Å². The molecule has 2 heterocycles. The molecule has 1 N–H and O–H groups in total. The van der Waals surface area contributed by atoms with E-state index >= 15 is 0 Å². The van der Waals surface area contributed by atoms with Crippen LogP contribution in [0.4, 0.5) is 5.69 Å². The van der Waals surface area contributed by atoms with Gasteiger partial charge in [0.15, 0.2) is 5.75 Å². The van der Waals surface area contributed by atoms with Gasteiger partial charge in [0.1, 0.15) is 5.82 Å². The number of hydrogen-bond acceptors (Lipinski definition) is 6. The van der Waals surface area contributed by atoms with Crippen molar-refractivity contribution in [2.45, 2.75) is 13.0 Å². The average Bonchev–Trinajstić information content (AvgIpc) is 3.05. The van der Waals surface area contributed by atoms with Crippen LogP contribution in [0.3, 0.4) is 0 Å². The number of allylic oxidation sites excluding steroid dienone is 1. The maximum Gasteiger partial charge on any atom is 0.315 e. The molecular weight excluding hydrogens is 386 g/mol. The number of hydrogen-bond donors (Lipinski definition) is 1. The molecule has 2 aromatic carbocycles. The largest absolute Gasteiger partial charge is 0.500 e. The van der Waals surface area contributed by atoms with Crippen LogP contribution in [0.2, 0.25) is 5.02 Å². The van der Waals surface area contributed by atoms with E-state index in [0.717, 1.165) is 5.57 Å². The van der Waals surface area contributed by atoms with Crippen LogP contribution in [0.1, 0.15) is 17.8 Å². The highest BCUT2D eigenvalue weighted by molar-refractivity contribution is 6.31. The summed E-state index contributed by atoms with van der Waals surface area (Å²) < 4.78 is 6.61. The number of nitro groups is 1. The molecule has 28 heavy (non-hydrogen) atoms. The summed E-state index contributed by atoms with van der Waals surface area (Å²) in [6, 6.07) is 7.67. The second-order valence-electron chi connectivity index (χ2n) is 6.32. The van der Waals surface area contributed by atoms with Crippen molar-refractivity contribution in [2.24, 2.45) is 0 Å². The van der Waals surface area contributed by atoms with Crippen molar-refractivity contribution in [1.29, 1.82) is 0 Å². The molecule has 0 aliphatic carbocycles. The first-order valence-corrected chi connectivity index (χ1v) is 8.73. The highest BCUT2D eigenvalue weighted by atomic mass is 35.5. The van der Waals surface area contributed by atoms with E-state index in [0.29, 0.717) is 40.3 Å². The van der Waals surface area contributed by atoms with Crippen LogP contribution in [0.5, 0.6) is 11.5 Å². The van der Waals surface area contributed by atoms with Crippen LogP contribution in [0.15, 0.2) is 35.1 Å². The summed E-state index contributed by atoms with van der Waals surface area (Å²) in [6.45, 7) is 0.461. The summed E-state index contributed by atoms with van der Waals surface area (Å²) >= 11 is 6.02. The number of benzene rings is 2. The van der Waals surface area contributed by atoms with E-state index in [9.17, 15) is 20.0 Å². The molecule has 0 fully saturated rings. The van der Waals surface area contributed by atoms with Gasteiger partial charge in [0.05, 0.1) is 22.9 Å². The number of fused-ring (bicyclic) bond motifs is 2. The van der Waals surface area contributed by atoms with Crippen molar-refractivity contribution in [2.75, 3.05) is 7.11 Å². The van der Waals surface area contributed by atoms with Crippen LogP contribution in [0.25, 0.3) is 22.6 Å². The Morgan fingerprint density at radius 3 is 2.86 bits per heavy atom. The van der Waals surface area contributed by atoms with Crippen molar-refractivity contribution in [3.8, 4) is 11.5 Å². The lowest BCUT2D eigenvalue weighted by molar-refractivity contribution is -0.386. The van der Waals surface area contributed by atoms with Crippen LogP contribution < -0.4 is 10.3 Å². The average molecular weight is 400 g/mol. The molecular formula is C19H14ClN3O5. The Kier molecular flexibility index (Phi) is 4.27. The summed E-state index contributed by atoms with van der Waals surface area (Å²) in [4.78, 5) is 27.8. The van der Waals surface area contributed by atoms with Crippen molar-refractivity contribution < 1.29 is 14.8 Å². The highest BCUT2D eigenvalue weighted by Crippen LogP contribution is 2.38. The number of nitrogens with zero attached hydrogens (tertiary/aromatic N) is 3. The Hall–Kier alpha value is -3.39. The Balaban J connectivity index is 1.89. The molecule has 0 radical (unpaired) electrons. The zero-order valence-electron chi connectivity index (χ0n) is 14.7. The highest BCUT2D eigenvalue weighted by Gasteiger charge is 2.23. The fourth-order valence-corrected chi connectivity index (χ4v) is 3.49. The summed E-state index contributed by atoms with van der Waals surface area (Å²) in [6.07, 6.45) is 2.25. The number of rotatable bonds is 3. The van der Waals surface area contributed by atoms with E-state index in [-0.39, 0.29) is 11.3 Å². The molecule has 142 valence electrons. The molecule has 0 amide bonds. The minimum absolute atomic E-state index is 0.00492. The van der Waals surface area contributed by atoms with Gasteiger partial charge in [-0.2, -0.15) is 0 Å². The summed E-state index contributed by atoms with van der Waals surface area (Å²) in [7, 11) is 1.32. The molecule has 0 saturated carbocycles. The first-order chi connectivity index (χ1) is 13.4. The molecule has 1 aromatic heterocycles. The van der Waals surface area contributed by atoms with E-state index < -0.39 is 16.4 Å². The standard InChI is InChI=1S/C19H14ClN3O5/c1-28-16-8-10(7-15(17(16)24)23(26)27)6-11-4-5-22-18(11)21-14-9-12(20)2-3-13(14)19(22)25/h2-3,6-9,24H,4-5H2,1H3/b11-6-. The number of phenols is 1. The van der Waals surface area contributed by atoms with Crippen LogP contribution in [-0.2, 0) is 6.54 Å². The molecule has 1 aliphatic rings. The molecule has 4 rings (SSSR count). The third kappa shape index (κ3) is 2.87. The van der Waals surface area contributed by atoms with E-state index in [2.05, 4.69) is 4.98 Å². The molecule has 0 spiro atoms. The van der Waals surface area contributed by atoms with Gasteiger partial charge in [-0.1, -0.05) is 11.6 Å².